The zero-order valence-corrected chi connectivity index (χ0v) is 14.1. The average Bonchev–Trinajstić information content (AvgIpc) is 3.47. The number of aliphatic carboxylic acids is 1. The van der Waals surface area contributed by atoms with Crippen LogP contribution in [0.5, 0.6) is 0 Å². The van der Waals surface area contributed by atoms with E-state index in [-0.39, 0.29) is 5.91 Å². The van der Waals surface area contributed by atoms with Gasteiger partial charge < -0.3 is 10.0 Å². The summed E-state index contributed by atoms with van der Waals surface area (Å²) in [5, 5.41) is 19.2. The smallest absolute Gasteiger partial charge is 0.313 e. The zero-order valence-electron chi connectivity index (χ0n) is 14.1. The molecule has 2 aromatic carbocycles. The Morgan fingerprint density at radius 1 is 1.19 bits per heavy atom. The van der Waals surface area contributed by atoms with Gasteiger partial charge in [-0.1, -0.05) is 30.3 Å². The van der Waals surface area contributed by atoms with E-state index in [0.717, 1.165) is 12.8 Å². The number of nitriles is 1. The number of rotatable bonds is 4. The van der Waals surface area contributed by atoms with Gasteiger partial charge in [-0.05, 0) is 48.1 Å². The highest BCUT2D eigenvalue weighted by Gasteiger charge is 2.45. The van der Waals surface area contributed by atoms with E-state index in [2.05, 4.69) is 6.07 Å². The van der Waals surface area contributed by atoms with Crippen molar-refractivity contribution in [2.75, 3.05) is 6.54 Å². The number of amides is 1. The van der Waals surface area contributed by atoms with Crippen LogP contribution in [0.4, 0.5) is 0 Å². The summed E-state index contributed by atoms with van der Waals surface area (Å²) in [4.78, 5) is 27.1. The van der Waals surface area contributed by atoms with Gasteiger partial charge in [-0.25, -0.2) is 0 Å². The molecule has 1 N–H and O–H groups in total. The first-order valence-electron chi connectivity index (χ1n) is 8.73. The van der Waals surface area contributed by atoms with Gasteiger partial charge in [0.25, 0.3) is 5.91 Å². The van der Waals surface area contributed by atoms with E-state index >= 15 is 0 Å². The molecule has 0 bridgehead atoms. The highest BCUT2D eigenvalue weighted by atomic mass is 16.4. The van der Waals surface area contributed by atoms with E-state index in [1.807, 2.05) is 6.07 Å². The minimum Gasteiger partial charge on any atom is -0.481 e. The van der Waals surface area contributed by atoms with Gasteiger partial charge in [-0.3, -0.25) is 9.59 Å². The number of carboxylic acids is 1. The lowest BCUT2D eigenvalue weighted by Gasteiger charge is -2.41. The summed E-state index contributed by atoms with van der Waals surface area (Å²) >= 11 is 0. The number of fused-ring (bicyclic) bond motifs is 1. The first-order chi connectivity index (χ1) is 12.6. The third-order valence-corrected chi connectivity index (χ3v) is 5.21. The number of carboxylic acid groups (broad SMARTS) is 1. The number of carbonyl (C=O) groups is 2. The van der Waals surface area contributed by atoms with Crippen molar-refractivity contribution in [3.8, 4) is 6.07 Å². The Kier molecular flexibility index (Phi) is 3.96. The molecule has 1 amide bonds. The molecule has 1 aliphatic carbocycles. The molecule has 2 atom stereocenters. The lowest BCUT2D eigenvalue weighted by atomic mass is 9.79. The number of nitrogens with zero attached hydrogens (tertiary/aromatic N) is 2. The van der Waals surface area contributed by atoms with Gasteiger partial charge in [0.1, 0.15) is 5.92 Å². The van der Waals surface area contributed by atoms with Crippen molar-refractivity contribution in [1.82, 2.24) is 4.90 Å². The number of carbonyl (C=O) groups excluding carboxylic acids is 1. The van der Waals surface area contributed by atoms with Gasteiger partial charge in [0.2, 0.25) is 0 Å². The van der Waals surface area contributed by atoms with Gasteiger partial charge in [0.05, 0.1) is 17.7 Å². The van der Waals surface area contributed by atoms with Crippen molar-refractivity contribution in [3.63, 3.8) is 0 Å². The zero-order chi connectivity index (χ0) is 18.3. The van der Waals surface area contributed by atoms with Crippen molar-refractivity contribution in [3.05, 3.63) is 70.8 Å². The minimum atomic E-state index is -0.960. The fraction of sp³-hybridized carbons (Fsp3) is 0.286. The van der Waals surface area contributed by atoms with Crippen molar-refractivity contribution < 1.29 is 14.7 Å². The predicted octanol–water partition coefficient (Wildman–Crippen LogP) is 3.33. The summed E-state index contributed by atoms with van der Waals surface area (Å²) in [5.41, 5.74) is 2.17. The molecule has 1 fully saturated rings. The van der Waals surface area contributed by atoms with Crippen LogP contribution in [0.3, 0.4) is 0 Å². The van der Waals surface area contributed by atoms with Crippen LogP contribution in [0.2, 0.25) is 0 Å². The lowest BCUT2D eigenvalue weighted by molar-refractivity contribution is -0.140. The topological polar surface area (TPSA) is 81.4 Å². The van der Waals surface area contributed by atoms with E-state index in [1.165, 1.54) is 0 Å². The molecular weight excluding hydrogens is 328 g/mol. The molecule has 4 rings (SSSR count). The van der Waals surface area contributed by atoms with Gasteiger partial charge >= 0.3 is 5.97 Å². The Labute approximate surface area is 151 Å². The molecule has 1 aliphatic heterocycles. The highest BCUT2D eigenvalue weighted by molar-refractivity contribution is 6.00. The highest BCUT2D eigenvalue weighted by Crippen LogP contribution is 2.45. The first kappa shape index (κ1) is 16.3. The quantitative estimate of drug-likeness (QED) is 0.920. The molecule has 130 valence electrons. The van der Waals surface area contributed by atoms with Crippen LogP contribution in [0, 0.1) is 17.2 Å². The summed E-state index contributed by atoms with van der Waals surface area (Å²) in [6.45, 7) is 0.554. The fourth-order valence-corrected chi connectivity index (χ4v) is 3.80. The Morgan fingerprint density at radius 2 is 1.96 bits per heavy atom. The number of hydrogen-bond donors (Lipinski definition) is 1. The van der Waals surface area contributed by atoms with E-state index < -0.39 is 17.9 Å². The molecule has 1 saturated carbocycles. The third kappa shape index (κ3) is 2.74. The molecule has 5 nitrogen and oxygen atoms in total. The third-order valence-electron chi connectivity index (χ3n) is 5.21. The Balaban J connectivity index is 1.89. The van der Waals surface area contributed by atoms with Gasteiger partial charge in [0.15, 0.2) is 0 Å². The normalized spacial score (nSPS) is 21.8. The van der Waals surface area contributed by atoms with Crippen molar-refractivity contribution in [1.29, 1.82) is 5.26 Å². The Morgan fingerprint density at radius 3 is 2.65 bits per heavy atom. The van der Waals surface area contributed by atoms with Gasteiger partial charge in [-0.2, -0.15) is 5.26 Å². The number of hydrogen-bond acceptors (Lipinski definition) is 3. The molecule has 26 heavy (non-hydrogen) atoms. The summed E-state index contributed by atoms with van der Waals surface area (Å²) in [6.07, 6.45) is 2.13. The maximum Gasteiger partial charge on any atom is 0.313 e. The SMILES string of the molecule is N#Cc1cccc([C@@H]2[C@H](C(=O)O)c3ccccc3C(=O)N2CC2CC2)c1. The Bertz CT molecular complexity index is 927. The molecule has 0 aromatic heterocycles. The van der Waals surface area contributed by atoms with Crippen LogP contribution in [-0.2, 0) is 4.79 Å². The second-order valence-electron chi connectivity index (χ2n) is 6.99. The molecule has 0 radical (unpaired) electrons. The van der Waals surface area contributed by atoms with Crippen LogP contribution >= 0.6 is 0 Å². The predicted molar refractivity (Wildman–Crippen MR) is 94.5 cm³/mol. The van der Waals surface area contributed by atoms with E-state index in [0.29, 0.717) is 34.7 Å². The minimum absolute atomic E-state index is 0.127. The summed E-state index contributed by atoms with van der Waals surface area (Å²) < 4.78 is 0. The lowest BCUT2D eigenvalue weighted by Crippen LogP contribution is -2.45. The molecule has 0 spiro atoms. The van der Waals surface area contributed by atoms with Crippen LogP contribution in [0.25, 0.3) is 0 Å². The summed E-state index contributed by atoms with van der Waals surface area (Å²) in [7, 11) is 0. The van der Waals surface area contributed by atoms with Gasteiger partial charge in [0, 0.05) is 12.1 Å². The van der Waals surface area contributed by atoms with E-state index in [4.69, 9.17) is 0 Å². The largest absolute Gasteiger partial charge is 0.481 e. The van der Waals surface area contributed by atoms with E-state index in [9.17, 15) is 20.0 Å². The number of benzene rings is 2. The van der Waals surface area contributed by atoms with E-state index in [1.54, 1.807) is 47.4 Å². The van der Waals surface area contributed by atoms with Crippen LogP contribution < -0.4 is 0 Å². The monoisotopic (exact) mass is 346 g/mol. The molecule has 5 heteroatoms. The average molecular weight is 346 g/mol. The summed E-state index contributed by atoms with van der Waals surface area (Å²) in [6, 6.07) is 15.4. The molecular formula is C21H18N2O3. The molecule has 0 unspecified atom stereocenters. The standard InChI is InChI=1S/C21H18N2O3/c22-11-14-4-3-5-15(10-14)19-18(21(25)26)16-6-1-2-7-17(16)20(24)23(19)12-13-8-9-13/h1-7,10,13,18-19H,8-9,12H2,(H,25,26)/t18-,19-/m1/s1. The second kappa shape index (κ2) is 6.30. The Hall–Kier alpha value is -3.13. The first-order valence-corrected chi connectivity index (χ1v) is 8.73. The fourth-order valence-electron chi connectivity index (χ4n) is 3.80. The van der Waals surface area contributed by atoms with Crippen molar-refractivity contribution in [2.45, 2.75) is 24.8 Å². The van der Waals surface area contributed by atoms with Crippen LogP contribution in [0.15, 0.2) is 48.5 Å². The van der Waals surface area contributed by atoms with Crippen molar-refractivity contribution in [2.24, 2.45) is 5.92 Å². The molecule has 2 aromatic rings. The van der Waals surface area contributed by atoms with Crippen LogP contribution in [-0.4, -0.2) is 28.4 Å². The summed E-state index contributed by atoms with van der Waals surface area (Å²) in [5.74, 6) is -1.51. The van der Waals surface area contributed by atoms with Gasteiger partial charge in [-0.15, -0.1) is 0 Å². The second-order valence-corrected chi connectivity index (χ2v) is 6.99. The van der Waals surface area contributed by atoms with Crippen molar-refractivity contribution >= 4 is 11.9 Å². The molecule has 1 heterocycles. The maximum atomic E-state index is 13.2. The molecule has 0 saturated heterocycles. The maximum absolute atomic E-state index is 13.2. The van der Waals surface area contributed by atoms with Crippen LogP contribution in [0.1, 0.15) is 51.8 Å². The molecule has 2 aliphatic rings.